The van der Waals surface area contributed by atoms with Crippen LogP contribution in [0.3, 0.4) is 0 Å². The van der Waals surface area contributed by atoms with Crippen molar-refractivity contribution < 1.29 is 9.47 Å². The molecule has 0 saturated carbocycles. The molecule has 1 aromatic carbocycles. The zero-order valence-electron chi connectivity index (χ0n) is 9.28. The maximum Gasteiger partial charge on any atom is 0.184 e. The topological polar surface area (TPSA) is 59.8 Å². The van der Waals surface area contributed by atoms with Crippen LogP contribution >= 0.6 is 11.6 Å². The van der Waals surface area contributed by atoms with Gasteiger partial charge in [-0.25, -0.2) is 0 Å². The van der Waals surface area contributed by atoms with Crippen molar-refractivity contribution in [3.05, 3.63) is 17.2 Å². The van der Waals surface area contributed by atoms with Crippen molar-refractivity contribution in [3.8, 4) is 11.5 Å². The smallest absolute Gasteiger partial charge is 0.184 e. The molecule has 1 atom stereocenters. The predicted molar refractivity (Wildman–Crippen MR) is 65.8 cm³/mol. The summed E-state index contributed by atoms with van der Waals surface area (Å²) in [5, 5.41) is 3.90. The summed E-state index contributed by atoms with van der Waals surface area (Å²) in [7, 11) is 0. The van der Waals surface area contributed by atoms with E-state index in [0.717, 1.165) is 31.2 Å². The fraction of sp³-hybridized carbons (Fsp3) is 0.455. The van der Waals surface area contributed by atoms with Crippen LogP contribution < -0.4 is 25.4 Å². The van der Waals surface area contributed by atoms with Crippen LogP contribution in [0.25, 0.3) is 0 Å². The van der Waals surface area contributed by atoms with Gasteiger partial charge in [0, 0.05) is 24.2 Å². The highest BCUT2D eigenvalue weighted by Crippen LogP contribution is 2.42. The van der Waals surface area contributed by atoms with Gasteiger partial charge < -0.3 is 14.4 Å². The van der Waals surface area contributed by atoms with Gasteiger partial charge in [0.05, 0.1) is 12.4 Å². The molecule has 1 fully saturated rings. The molecule has 5 nitrogen and oxygen atoms in total. The highest BCUT2D eigenvalue weighted by atomic mass is 35.5. The largest absolute Gasteiger partial charge is 0.482 e. The number of rotatable bonds is 1. The first kappa shape index (κ1) is 11.0. The van der Waals surface area contributed by atoms with Crippen LogP contribution in [0.5, 0.6) is 11.5 Å². The van der Waals surface area contributed by atoms with Gasteiger partial charge in [-0.05, 0) is 6.07 Å². The predicted octanol–water partition coefficient (Wildman–Crippen LogP) is 0.763. The fourth-order valence-electron chi connectivity index (χ4n) is 2.10. The first-order valence-electron chi connectivity index (χ1n) is 5.58. The van der Waals surface area contributed by atoms with Crippen molar-refractivity contribution in [3.63, 3.8) is 0 Å². The van der Waals surface area contributed by atoms with Crippen molar-refractivity contribution in [2.45, 2.75) is 6.23 Å². The van der Waals surface area contributed by atoms with Crippen molar-refractivity contribution in [2.75, 3.05) is 31.3 Å². The molecule has 6 heteroatoms. The lowest BCUT2D eigenvalue weighted by molar-refractivity contribution is 0.0962. The van der Waals surface area contributed by atoms with E-state index in [9.17, 15) is 0 Å². The third-order valence-corrected chi connectivity index (χ3v) is 3.09. The second-order valence-electron chi connectivity index (χ2n) is 4.14. The Hall–Kier alpha value is -1.17. The third-order valence-electron chi connectivity index (χ3n) is 2.87. The summed E-state index contributed by atoms with van der Waals surface area (Å²) in [6.45, 7) is 3.05. The van der Waals surface area contributed by atoms with E-state index in [-0.39, 0.29) is 0 Å². The highest BCUT2D eigenvalue weighted by molar-refractivity contribution is 6.31. The molecule has 2 aliphatic rings. The molecule has 2 aliphatic heterocycles. The van der Waals surface area contributed by atoms with Gasteiger partial charge in [-0.2, -0.15) is 0 Å². The van der Waals surface area contributed by atoms with Crippen molar-refractivity contribution in [1.29, 1.82) is 0 Å². The number of anilines is 1. The average molecular weight is 256 g/mol. The molecule has 1 unspecified atom stereocenters. The van der Waals surface area contributed by atoms with Gasteiger partial charge in [0.25, 0.3) is 0 Å². The van der Waals surface area contributed by atoms with Crippen LogP contribution in [0.4, 0.5) is 5.69 Å². The number of fused-ring (bicyclic) bond motifs is 1. The van der Waals surface area contributed by atoms with E-state index in [1.165, 1.54) is 0 Å². The number of nitrogens with zero attached hydrogens (tertiary/aromatic N) is 1. The molecule has 3 rings (SSSR count). The molecule has 0 spiro atoms. The van der Waals surface area contributed by atoms with Gasteiger partial charge in [0.1, 0.15) is 6.61 Å². The SMILES string of the molecule is NC1COc2c(cc(Cl)cc2N2CCNC2)O1. The summed E-state index contributed by atoms with van der Waals surface area (Å²) in [5.41, 5.74) is 6.65. The Bertz CT molecular complexity index is 435. The molecule has 0 amide bonds. The highest BCUT2D eigenvalue weighted by Gasteiger charge is 2.25. The van der Waals surface area contributed by atoms with E-state index in [0.29, 0.717) is 17.4 Å². The van der Waals surface area contributed by atoms with Crippen LogP contribution in [0, 0.1) is 0 Å². The standard InChI is InChI=1S/C11H14ClN3O2/c12-7-3-8(15-2-1-14-6-15)11-9(4-7)17-10(13)5-16-11/h3-4,10,14H,1-2,5-6,13H2. The number of ether oxygens (including phenoxy) is 2. The minimum absolute atomic E-state index is 0.364. The maximum absolute atomic E-state index is 6.08. The van der Waals surface area contributed by atoms with Crippen LogP contribution in [0.2, 0.25) is 5.02 Å². The second kappa shape index (κ2) is 4.25. The zero-order valence-corrected chi connectivity index (χ0v) is 10.0. The number of benzene rings is 1. The van der Waals surface area contributed by atoms with E-state index in [4.69, 9.17) is 26.8 Å². The molecule has 2 heterocycles. The Balaban J connectivity index is 2.02. The molecule has 3 N–H and O–H groups in total. The van der Waals surface area contributed by atoms with Gasteiger partial charge >= 0.3 is 0 Å². The molecule has 1 aromatic rings. The number of nitrogens with two attached hydrogens (primary N) is 1. The number of nitrogens with one attached hydrogen (secondary N) is 1. The quantitative estimate of drug-likeness (QED) is 0.776. The number of hydrogen-bond acceptors (Lipinski definition) is 5. The summed E-state index contributed by atoms with van der Waals surface area (Å²) in [6, 6.07) is 3.64. The lowest BCUT2D eigenvalue weighted by atomic mass is 10.2. The summed E-state index contributed by atoms with van der Waals surface area (Å²) in [5.74, 6) is 1.36. The minimum Gasteiger partial charge on any atom is -0.482 e. The van der Waals surface area contributed by atoms with Crippen LogP contribution in [0.1, 0.15) is 0 Å². The summed E-state index contributed by atoms with van der Waals surface area (Å²) < 4.78 is 11.2. The first-order valence-corrected chi connectivity index (χ1v) is 5.96. The molecule has 0 bridgehead atoms. The Morgan fingerprint density at radius 3 is 3.12 bits per heavy atom. The van der Waals surface area contributed by atoms with Crippen LogP contribution in [-0.4, -0.2) is 32.6 Å². The van der Waals surface area contributed by atoms with E-state index in [1.54, 1.807) is 6.07 Å². The third kappa shape index (κ3) is 2.01. The molecular weight excluding hydrogens is 242 g/mol. The molecule has 92 valence electrons. The molecule has 0 aromatic heterocycles. The van der Waals surface area contributed by atoms with Crippen LogP contribution in [0.15, 0.2) is 12.1 Å². The lowest BCUT2D eigenvalue weighted by Gasteiger charge is -2.28. The lowest BCUT2D eigenvalue weighted by Crippen LogP contribution is -2.37. The Kier molecular flexibility index (Phi) is 2.74. The van der Waals surface area contributed by atoms with Gasteiger partial charge in [-0.3, -0.25) is 11.1 Å². The van der Waals surface area contributed by atoms with Gasteiger partial charge in [-0.15, -0.1) is 0 Å². The summed E-state index contributed by atoms with van der Waals surface area (Å²) in [4.78, 5) is 2.17. The van der Waals surface area contributed by atoms with Gasteiger partial charge in [0.15, 0.2) is 17.7 Å². The van der Waals surface area contributed by atoms with E-state index < -0.39 is 6.23 Å². The second-order valence-corrected chi connectivity index (χ2v) is 4.58. The minimum atomic E-state index is -0.425. The van der Waals surface area contributed by atoms with Crippen molar-refractivity contribution >= 4 is 17.3 Å². The van der Waals surface area contributed by atoms with E-state index in [2.05, 4.69) is 10.2 Å². The summed E-state index contributed by atoms with van der Waals surface area (Å²) >= 11 is 6.08. The van der Waals surface area contributed by atoms with Gasteiger partial charge in [0.2, 0.25) is 0 Å². The van der Waals surface area contributed by atoms with E-state index >= 15 is 0 Å². The maximum atomic E-state index is 6.08. The normalized spacial score (nSPS) is 22.9. The van der Waals surface area contributed by atoms with Crippen molar-refractivity contribution in [2.24, 2.45) is 5.73 Å². The van der Waals surface area contributed by atoms with Crippen LogP contribution in [-0.2, 0) is 0 Å². The Labute approximate surface area is 104 Å². The van der Waals surface area contributed by atoms with Gasteiger partial charge in [-0.1, -0.05) is 11.6 Å². The first-order chi connectivity index (χ1) is 8.24. The summed E-state index contributed by atoms with van der Waals surface area (Å²) in [6.07, 6.45) is -0.425. The molecule has 0 aliphatic carbocycles. The zero-order chi connectivity index (χ0) is 11.8. The fourth-order valence-corrected chi connectivity index (χ4v) is 2.30. The Morgan fingerprint density at radius 2 is 2.35 bits per heavy atom. The number of hydrogen-bond donors (Lipinski definition) is 2. The Morgan fingerprint density at radius 1 is 1.47 bits per heavy atom. The number of halogens is 1. The van der Waals surface area contributed by atoms with Crippen molar-refractivity contribution in [1.82, 2.24) is 5.32 Å². The average Bonchev–Trinajstić information content (AvgIpc) is 2.80. The molecular formula is C11H14ClN3O2. The monoisotopic (exact) mass is 255 g/mol. The molecule has 17 heavy (non-hydrogen) atoms. The molecule has 1 saturated heterocycles. The van der Waals surface area contributed by atoms with E-state index in [1.807, 2.05) is 6.07 Å². The molecule has 0 radical (unpaired) electrons.